The Morgan fingerprint density at radius 3 is 2.90 bits per heavy atom. The number of carbonyl (C=O) groups is 2. The Hall–Kier alpha value is -1.92. The van der Waals surface area contributed by atoms with E-state index in [2.05, 4.69) is 15.8 Å². The number of fused-ring (bicyclic) bond motifs is 3. The summed E-state index contributed by atoms with van der Waals surface area (Å²) in [5.74, 6) is -0.902. The van der Waals surface area contributed by atoms with Gasteiger partial charge in [0.15, 0.2) is 5.58 Å². The molecule has 2 amide bonds. The minimum atomic E-state index is -0.402. The van der Waals surface area contributed by atoms with Gasteiger partial charge in [-0.2, -0.15) is 0 Å². The molecule has 1 atom stereocenters. The molecule has 1 aromatic heterocycles. The minimum Gasteiger partial charge on any atom is -0.356 e. The summed E-state index contributed by atoms with van der Waals surface area (Å²) in [6, 6.07) is 4.00. The number of hydrogen-bond donors (Lipinski definition) is 2. The molecule has 0 radical (unpaired) electrons. The number of piperidine rings is 1. The predicted octanol–water partition coefficient (Wildman–Crippen LogP) is 1.37. The van der Waals surface area contributed by atoms with E-state index in [-0.39, 0.29) is 24.2 Å². The lowest BCUT2D eigenvalue weighted by Gasteiger charge is -2.18. The molecule has 4 rings (SSSR count). The van der Waals surface area contributed by atoms with Gasteiger partial charge < -0.3 is 9.84 Å². The van der Waals surface area contributed by atoms with Gasteiger partial charge in [-0.1, -0.05) is 11.2 Å². The van der Waals surface area contributed by atoms with E-state index >= 15 is 0 Å². The Labute approximate surface area is 126 Å². The number of nitrogens with one attached hydrogen (secondary N) is 2. The molecule has 7 heteroatoms. The van der Waals surface area contributed by atoms with Crippen molar-refractivity contribution in [1.82, 2.24) is 15.8 Å². The van der Waals surface area contributed by atoms with Crippen LogP contribution in [-0.4, -0.2) is 17.0 Å². The Balaban J connectivity index is 0.00000132. The van der Waals surface area contributed by atoms with Crippen LogP contribution in [0, 0.1) is 0 Å². The number of carbonyl (C=O) groups excluding carboxylic acids is 2. The lowest BCUT2D eigenvalue weighted by atomic mass is 9.92. The Bertz CT molecular complexity index is 740. The van der Waals surface area contributed by atoms with Crippen molar-refractivity contribution in [1.29, 1.82) is 0 Å². The first-order valence-electron chi connectivity index (χ1n) is 6.68. The summed E-state index contributed by atoms with van der Waals surface area (Å²) in [5, 5.41) is 10.6. The monoisotopic (exact) mass is 307 g/mol. The zero-order valence-corrected chi connectivity index (χ0v) is 12.0. The number of rotatable bonds is 1. The third-order valence-electron chi connectivity index (χ3n) is 4.06. The van der Waals surface area contributed by atoms with Crippen LogP contribution in [0.5, 0.6) is 0 Å². The summed E-state index contributed by atoms with van der Waals surface area (Å²) >= 11 is 0. The second kappa shape index (κ2) is 5.13. The third-order valence-corrected chi connectivity index (χ3v) is 4.06. The van der Waals surface area contributed by atoms with Crippen molar-refractivity contribution >= 4 is 35.2 Å². The van der Waals surface area contributed by atoms with Gasteiger partial charge in [-0.3, -0.25) is 14.9 Å². The van der Waals surface area contributed by atoms with Crippen molar-refractivity contribution < 1.29 is 14.1 Å². The minimum absolute atomic E-state index is 0. The van der Waals surface area contributed by atoms with Crippen molar-refractivity contribution in [3.63, 3.8) is 0 Å². The average Bonchev–Trinajstić information content (AvgIpc) is 3.03. The number of amides is 2. The van der Waals surface area contributed by atoms with E-state index in [0.29, 0.717) is 18.5 Å². The molecule has 2 aliphatic heterocycles. The van der Waals surface area contributed by atoms with Gasteiger partial charge in [0.05, 0.1) is 5.92 Å². The van der Waals surface area contributed by atoms with E-state index in [1.165, 1.54) is 5.56 Å². The molecule has 110 valence electrons. The van der Waals surface area contributed by atoms with Crippen molar-refractivity contribution in [3.8, 4) is 0 Å². The molecular formula is C14H14ClN3O3. The predicted molar refractivity (Wildman–Crippen MR) is 76.9 cm³/mol. The van der Waals surface area contributed by atoms with Gasteiger partial charge in [0.1, 0.15) is 5.69 Å². The lowest BCUT2D eigenvalue weighted by molar-refractivity contribution is -0.134. The lowest BCUT2D eigenvalue weighted by Crippen LogP contribution is -2.39. The van der Waals surface area contributed by atoms with Crippen LogP contribution < -0.4 is 10.6 Å². The van der Waals surface area contributed by atoms with Gasteiger partial charge >= 0.3 is 0 Å². The van der Waals surface area contributed by atoms with E-state index < -0.39 is 5.92 Å². The maximum Gasteiger partial charge on any atom is 0.235 e. The van der Waals surface area contributed by atoms with Crippen LogP contribution in [0.4, 0.5) is 0 Å². The molecule has 3 heterocycles. The van der Waals surface area contributed by atoms with Crippen LogP contribution in [-0.2, 0) is 22.7 Å². The number of aromatic nitrogens is 1. The first-order valence-corrected chi connectivity index (χ1v) is 6.68. The molecule has 0 spiro atoms. The van der Waals surface area contributed by atoms with Crippen molar-refractivity contribution in [3.05, 3.63) is 29.0 Å². The summed E-state index contributed by atoms with van der Waals surface area (Å²) < 4.78 is 5.47. The van der Waals surface area contributed by atoms with Gasteiger partial charge in [-0.05, 0) is 18.1 Å². The maximum atomic E-state index is 12.0. The van der Waals surface area contributed by atoms with Crippen LogP contribution in [0.1, 0.15) is 35.6 Å². The smallest absolute Gasteiger partial charge is 0.235 e. The largest absolute Gasteiger partial charge is 0.356 e. The SMILES string of the molecule is Cl.O=C1CCC(c2noc3c4c(ccc23)CNC4)C(=O)N1. The van der Waals surface area contributed by atoms with Crippen molar-refractivity contribution in [2.75, 3.05) is 0 Å². The van der Waals surface area contributed by atoms with Gasteiger partial charge in [0.2, 0.25) is 11.8 Å². The fourth-order valence-corrected chi connectivity index (χ4v) is 3.01. The molecule has 6 nitrogen and oxygen atoms in total. The van der Waals surface area contributed by atoms with E-state index in [1.54, 1.807) is 0 Å². The molecular weight excluding hydrogens is 294 g/mol. The summed E-state index contributed by atoms with van der Waals surface area (Å²) in [7, 11) is 0. The number of imide groups is 1. The van der Waals surface area contributed by atoms with Crippen LogP contribution in [0.25, 0.3) is 11.0 Å². The molecule has 1 unspecified atom stereocenters. The second-order valence-corrected chi connectivity index (χ2v) is 5.25. The quantitative estimate of drug-likeness (QED) is 0.777. The molecule has 0 bridgehead atoms. The standard InChI is InChI=1S/C14H13N3O3.ClH/c18-11-4-3-9(14(19)16-11)12-8-2-1-7-5-15-6-10(7)13(8)20-17-12;/h1-2,9,15H,3-6H2,(H,16,18,19);1H. The zero-order valence-electron chi connectivity index (χ0n) is 11.1. The van der Waals surface area contributed by atoms with E-state index in [0.717, 1.165) is 29.6 Å². The second-order valence-electron chi connectivity index (χ2n) is 5.25. The Kier molecular flexibility index (Phi) is 3.43. The Morgan fingerprint density at radius 2 is 2.10 bits per heavy atom. The van der Waals surface area contributed by atoms with Crippen LogP contribution in [0.2, 0.25) is 0 Å². The van der Waals surface area contributed by atoms with E-state index in [4.69, 9.17) is 4.52 Å². The number of hydrogen-bond acceptors (Lipinski definition) is 5. The molecule has 2 aliphatic rings. The maximum absolute atomic E-state index is 12.0. The van der Waals surface area contributed by atoms with Crippen LogP contribution in [0.15, 0.2) is 16.7 Å². The fraction of sp³-hybridized carbons (Fsp3) is 0.357. The molecule has 1 aromatic carbocycles. The van der Waals surface area contributed by atoms with E-state index in [1.807, 2.05) is 12.1 Å². The Morgan fingerprint density at radius 1 is 1.24 bits per heavy atom. The number of benzene rings is 1. The van der Waals surface area contributed by atoms with Crippen LogP contribution >= 0.6 is 12.4 Å². The molecule has 21 heavy (non-hydrogen) atoms. The summed E-state index contributed by atoms with van der Waals surface area (Å²) in [5.41, 5.74) is 3.73. The molecule has 2 aromatic rings. The highest BCUT2D eigenvalue weighted by molar-refractivity contribution is 6.02. The van der Waals surface area contributed by atoms with Crippen molar-refractivity contribution in [2.24, 2.45) is 0 Å². The normalized spacial score (nSPS) is 21.0. The summed E-state index contributed by atoms with van der Waals surface area (Å²) in [6.45, 7) is 1.59. The molecule has 1 saturated heterocycles. The summed E-state index contributed by atoms with van der Waals surface area (Å²) in [4.78, 5) is 23.2. The van der Waals surface area contributed by atoms with Gasteiger partial charge in [0.25, 0.3) is 0 Å². The highest BCUT2D eigenvalue weighted by atomic mass is 35.5. The molecule has 0 saturated carbocycles. The van der Waals surface area contributed by atoms with Gasteiger partial charge in [-0.25, -0.2) is 0 Å². The van der Waals surface area contributed by atoms with Gasteiger partial charge in [-0.15, -0.1) is 12.4 Å². The molecule has 0 aliphatic carbocycles. The average molecular weight is 308 g/mol. The zero-order chi connectivity index (χ0) is 13.7. The highest BCUT2D eigenvalue weighted by Crippen LogP contribution is 2.34. The molecule has 1 fully saturated rings. The first-order chi connectivity index (χ1) is 9.74. The molecule has 2 N–H and O–H groups in total. The fourth-order valence-electron chi connectivity index (χ4n) is 3.01. The van der Waals surface area contributed by atoms with Crippen molar-refractivity contribution in [2.45, 2.75) is 31.8 Å². The third kappa shape index (κ3) is 2.11. The number of nitrogens with zero attached hydrogens (tertiary/aromatic N) is 1. The van der Waals surface area contributed by atoms with Gasteiger partial charge in [0, 0.05) is 30.5 Å². The highest BCUT2D eigenvalue weighted by Gasteiger charge is 2.32. The topological polar surface area (TPSA) is 84.2 Å². The number of halogens is 1. The van der Waals surface area contributed by atoms with Crippen LogP contribution in [0.3, 0.4) is 0 Å². The first kappa shape index (κ1) is 14.0. The summed E-state index contributed by atoms with van der Waals surface area (Å²) in [6.07, 6.45) is 0.832. The van der Waals surface area contributed by atoms with E-state index in [9.17, 15) is 9.59 Å².